The van der Waals surface area contributed by atoms with Crippen molar-refractivity contribution in [3.63, 3.8) is 0 Å². The number of nitrogens with zero attached hydrogens (tertiary/aromatic N) is 1. The summed E-state index contributed by atoms with van der Waals surface area (Å²) in [4.78, 5) is 25.2. The van der Waals surface area contributed by atoms with Gasteiger partial charge in [0.15, 0.2) is 0 Å². The Bertz CT molecular complexity index is 1100. The Morgan fingerprint density at radius 3 is 2.19 bits per heavy atom. The van der Waals surface area contributed by atoms with Crippen molar-refractivity contribution in [1.82, 2.24) is 4.90 Å². The number of aliphatic carboxylic acids is 1. The number of rotatable bonds is 6. The molecule has 0 radical (unpaired) electrons. The highest BCUT2D eigenvalue weighted by molar-refractivity contribution is 6.30. The summed E-state index contributed by atoms with van der Waals surface area (Å²) in [7, 11) is 0. The van der Waals surface area contributed by atoms with Gasteiger partial charge in [-0.3, -0.25) is 4.79 Å². The molecule has 3 aromatic carbocycles. The summed E-state index contributed by atoms with van der Waals surface area (Å²) in [6.07, 6.45) is 0.709. The second kappa shape index (κ2) is 16.0. The minimum Gasteiger partial charge on any atom is -0.480 e. The van der Waals surface area contributed by atoms with E-state index in [2.05, 4.69) is 0 Å². The number of carbonyl (C=O) groups is 2. The van der Waals surface area contributed by atoms with Crippen molar-refractivity contribution in [1.29, 1.82) is 0 Å². The second-order valence-electron chi connectivity index (χ2n) is 8.46. The number of hydrogen-bond donors (Lipinski definition) is 1. The number of amides is 1. The molecular weight excluding hydrogens is 516 g/mol. The molecule has 1 aliphatic rings. The predicted molar refractivity (Wildman–Crippen MR) is 146 cm³/mol. The van der Waals surface area contributed by atoms with E-state index < -0.39 is 18.1 Å². The van der Waals surface area contributed by atoms with Gasteiger partial charge in [0.25, 0.3) is 5.91 Å². The van der Waals surface area contributed by atoms with Gasteiger partial charge < -0.3 is 14.7 Å². The van der Waals surface area contributed by atoms with E-state index in [0.29, 0.717) is 25.9 Å². The second-order valence-corrected chi connectivity index (χ2v) is 9.33. The summed E-state index contributed by atoms with van der Waals surface area (Å²) in [5.74, 6) is -1.63. The molecule has 0 spiro atoms. The molecule has 1 heterocycles. The summed E-state index contributed by atoms with van der Waals surface area (Å²) in [5, 5.41) is 10.9. The first-order valence-electron chi connectivity index (χ1n) is 12.0. The van der Waals surface area contributed by atoms with Crippen molar-refractivity contribution >= 4 is 35.1 Å². The van der Waals surface area contributed by atoms with Gasteiger partial charge in [-0.25, -0.2) is 9.18 Å². The molecule has 3 aromatic rings. The molecule has 2 atom stereocenters. The van der Waals surface area contributed by atoms with Gasteiger partial charge >= 0.3 is 5.97 Å². The monoisotopic (exact) mass is 547 g/mol. The van der Waals surface area contributed by atoms with Crippen LogP contribution in [0.3, 0.4) is 0 Å². The number of aryl methyl sites for hydroxylation is 1. The smallest absolute Gasteiger partial charge is 0.326 e. The molecule has 0 bridgehead atoms. The molecular formula is C29H32Cl2FNO4. The van der Waals surface area contributed by atoms with Crippen LogP contribution in [0.1, 0.15) is 30.9 Å². The third-order valence-corrected chi connectivity index (χ3v) is 5.97. The maximum atomic E-state index is 12.9. The van der Waals surface area contributed by atoms with Crippen molar-refractivity contribution in [3.05, 3.63) is 106 Å². The zero-order chi connectivity index (χ0) is 27.2. The zero-order valence-corrected chi connectivity index (χ0v) is 22.5. The molecule has 0 aromatic heterocycles. The summed E-state index contributed by atoms with van der Waals surface area (Å²) < 4.78 is 18.4. The summed E-state index contributed by atoms with van der Waals surface area (Å²) in [5.41, 5.74) is 1.99. The fraction of sp³-hybridized carbons (Fsp3) is 0.310. The van der Waals surface area contributed by atoms with Crippen molar-refractivity contribution < 1.29 is 23.8 Å². The van der Waals surface area contributed by atoms with Crippen LogP contribution in [-0.2, 0) is 20.7 Å². The number of hydrogen-bond acceptors (Lipinski definition) is 3. The van der Waals surface area contributed by atoms with Gasteiger partial charge in [0.05, 0.1) is 6.61 Å². The highest BCUT2D eigenvalue weighted by atomic mass is 35.5. The molecule has 1 N–H and O–H groups in total. The van der Waals surface area contributed by atoms with E-state index in [0.717, 1.165) is 15.6 Å². The number of morpholine rings is 1. The quantitative estimate of drug-likeness (QED) is 0.367. The van der Waals surface area contributed by atoms with Gasteiger partial charge in [-0.1, -0.05) is 79.0 Å². The Morgan fingerprint density at radius 2 is 1.70 bits per heavy atom. The van der Waals surface area contributed by atoms with Gasteiger partial charge in [0.1, 0.15) is 18.0 Å². The lowest BCUT2D eigenvalue weighted by atomic mass is 10.0. The largest absolute Gasteiger partial charge is 0.480 e. The van der Waals surface area contributed by atoms with Crippen molar-refractivity contribution in [2.24, 2.45) is 0 Å². The summed E-state index contributed by atoms with van der Waals surface area (Å²) in [6, 6.07) is 22.3. The molecule has 0 saturated carbocycles. The maximum Gasteiger partial charge on any atom is 0.326 e. The summed E-state index contributed by atoms with van der Waals surface area (Å²) >= 11 is 11.2. The minimum absolute atomic E-state index is 0.287. The molecule has 4 rings (SSSR count). The third kappa shape index (κ3) is 10.9. The van der Waals surface area contributed by atoms with E-state index in [-0.39, 0.29) is 18.3 Å². The number of benzene rings is 3. The number of ether oxygens (including phenoxy) is 1. The van der Waals surface area contributed by atoms with Crippen LogP contribution in [0, 0.1) is 12.7 Å². The molecule has 1 amide bonds. The highest BCUT2D eigenvalue weighted by Crippen LogP contribution is 2.18. The molecule has 1 aliphatic heterocycles. The van der Waals surface area contributed by atoms with E-state index in [1.54, 1.807) is 12.1 Å². The minimum atomic E-state index is -0.988. The lowest BCUT2D eigenvalue weighted by Gasteiger charge is -2.36. The van der Waals surface area contributed by atoms with Crippen LogP contribution in [0.2, 0.25) is 10.0 Å². The Morgan fingerprint density at radius 1 is 1.05 bits per heavy atom. The fourth-order valence-electron chi connectivity index (χ4n) is 3.66. The van der Waals surface area contributed by atoms with E-state index in [1.165, 1.54) is 22.6 Å². The Hall–Kier alpha value is -2.93. The standard InChI is InChI=1S/C16H20FNO4.C7H7Cl.C6H5Cl/c1-2-3-13(16(20)21)18-8-9-22-14(15(18)19)10-11-4-6-12(17)7-5-11;1-6-3-2-4-7(8)5-6;7-6-4-2-1-3-5-6/h4-7,13-14H,2-3,8-10H2,1H3,(H,20,21);2-5H,1H3;1-5H. The predicted octanol–water partition coefficient (Wildman–Crippen LogP) is 6.84. The molecule has 2 unspecified atom stereocenters. The van der Waals surface area contributed by atoms with Gasteiger partial charge in [-0.05, 0) is 60.9 Å². The fourth-order valence-corrected chi connectivity index (χ4v) is 4.05. The van der Waals surface area contributed by atoms with Gasteiger partial charge in [0, 0.05) is 23.0 Å². The van der Waals surface area contributed by atoms with Crippen LogP contribution < -0.4 is 0 Å². The first-order valence-corrected chi connectivity index (χ1v) is 12.8. The van der Waals surface area contributed by atoms with Crippen LogP contribution >= 0.6 is 23.2 Å². The topological polar surface area (TPSA) is 66.8 Å². The Balaban J connectivity index is 0.000000259. The SMILES string of the molecule is CCCC(C(=O)O)N1CCOC(Cc2ccc(F)cc2)C1=O.Cc1cccc(Cl)c1.Clc1ccccc1. The van der Waals surface area contributed by atoms with Gasteiger partial charge in [-0.15, -0.1) is 0 Å². The maximum absolute atomic E-state index is 12.9. The van der Waals surface area contributed by atoms with Crippen LogP contribution in [0.15, 0.2) is 78.9 Å². The number of carboxylic acid groups (broad SMARTS) is 1. The Labute approximate surface area is 227 Å². The van der Waals surface area contributed by atoms with Crippen LogP contribution in [0.25, 0.3) is 0 Å². The van der Waals surface area contributed by atoms with E-state index in [9.17, 15) is 19.1 Å². The molecule has 5 nitrogen and oxygen atoms in total. The van der Waals surface area contributed by atoms with E-state index in [4.69, 9.17) is 27.9 Å². The normalized spacial score (nSPS) is 15.5. The molecule has 198 valence electrons. The van der Waals surface area contributed by atoms with Crippen LogP contribution in [-0.4, -0.2) is 47.2 Å². The van der Waals surface area contributed by atoms with Crippen LogP contribution in [0.5, 0.6) is 0 Å². The van der Waals surface area contributed by atoms with E-state index in [1.807, 2.05) is 68.4 Å². The van der Waals surface area contributed by atoms with Gasteiger partial charge in [-0.2, -0.15) is 0 Å². The molecule has 8 heteroatoms. The van der Waals surface area contributed by atoms with Crippen LogP contribution in [0.4, 0.5) is 4.39 Å². The average molecular weight is 548 g/mol. The Kier molecular flexibility index (Phi) is 13.1. The lowest BCUT2D eigenvalue weighted by molar-refractivity contribution is -0.164. The average Bonchev–Trinajstić information content (AvgIpc) is 2.86. The molecule has 1 saturated heterocycles. The molecule has 1 fully saturated rings. The number of carboxylic acids is 1. The number of halogens is 3. The molecule has 37 heavy (non-hydrogen) atoms. The molecule has 0 aliphatic carbocycles. The third-order valence-electron chi connectivity index (χ3n) is 5.48. The van der Waals surface area contributed by atoms with Crippen molar-refractivity contribution in [2.45, 2.75) is 45.3 Å². The first kappa shape index (κ1) is 30.3. The van der Waals surface area contributed by atoms with Gasteiger partial charge in [0.2, 0.25) is 0 Å². The highest BCUT2D eigenvalue weighted by Gasteiger charge is 2.36. The van der Waals surface area contributed by atoms with E-state index >= 15 is 0 Å². The van der Waals surface area contributed by atoms with Crippen molar-refractivity contribution in [2.75, 3.05) is 13.2 Å². The van der Waals surface area contributed by atoms with Crippen molar-refractivity contribution in [3.8, 4) is 0 Å². The lowest BCUT2D eigenvalue weighted by Crippen LogP contribution is -2.55. The zero-order valence-electron chi connectivity index (χ0n) is 20.9. The number of carbonyl (C=O) groups excluding carboxylic acids is 1. The summed E-state index contributed by atoms with van der Waals surface area (Å²) in [6.45, 7) is 4.50. The first-order chi connectivity index (χ1) is 17.7.